The molecule has 1 saturated heterocycles. The maximum Gasteiger partial charge on any atom is 0.351 e. The summed E-state index contributed by atoms with van der Waals surface area (Å²) in [5.74, 6) is 0.124. The molecule has 2 atom stereocenters. The van der Waals surface area contributed by atoms with Crippen molar-refractivity contribution in [2.45, 2.75) is 12.5 Å². The largest absolute Gasteiger partial charge is 0.391 e. The van der Waals surface area contributed by atoms with Gasteiger partial charge in [-0.3, -0.25) is 4.57 Å². The van der Waals surface area contributed by atoms with Crippen LogP contribution in [0.25, 0.3) is 0 Å². The molecule has 7 nitrogen and oxygen atoms in total. The quantitative estimate of drug-likeness (QED) is 0.759. The molecule has 88 valence electrons. The Kier molecular flexibility index (Phi) is 3.24. The number of hydrogen-bond acceptors (Lipinski definition) is 6. The number of nitrogen functional groups attached to an aromatic ring is 1. The van der Waals surface area contributed by atoms with Crippen LogP contribution in [0, 0.1) is 0 Å². The third-order valence-electron chi connectivity index (χ3n) is 2.13. The van der Waals surface area contributed by atoms with E-state index in [0.717, 1.165) is 0 Å². The second kappa shape index (κ2) is 4.50. The Hall–Kier alpha value is -0.960. The summed E-state index contributed by atoms with van der Waals surface area (Å²) in [7, 11) is 0. The maximum absolute atomic E-state index is 11.5. The molecule has 0 aromatic carbocycles. The van der Waals surface area contributed by atoms with E-state index in [1.165, 1.54) is 10.8 Å². The maximum atomic E-state index is 11.5. The van der Waals surface area contributed by atoms with E-state index < -0.39 is 18.2 Å². The van der Waals surface area contributed by atoms with Crippen LogP contribution in [-0.2, 0) is 9.47 Å². The van der Waals surface area contributed by atoms with Gasteiger partial charge in [-0.25, -0.2) is 4.79 Å². The fraction of sp³-hybridized carbons (Fsp3) is 0.500. The molecule has 0 amide bonds. The monoisotopic (exact) mass is 291 g/mol. The zero-order valence-corrected chi connectivity index (χ0v) is 9.75. The fourth-order valence-corrected chi connectivity index (χ4v) is 1.66. The van der Waals surface area contributed by atoms with Crippen molar-refractivity contribution in [3.05, 3.63) is 21.2 Å². The van der Waals surface area contributed by atoms with Gasteiger partial charge in [-0.2, -0.15) is 4.98 Å². The van der Waals surface area contributed by atoms with Gasteiger partial charge in [-0.05, 0) is 15.9 Å². The Morgan fingerprint density at radius 1 is 1.75 bits per heavy atom. The van der Waals surface area contributed by atoms with E-state index in [-0.39, 0.29) is 19.0 Å². The molecule has 2 rings (SSSR count). The van der Waals surface area contributed by atoms with Crippen LogP contribution < -0.4 is 11.4 Å². The Morgan fingerprint density at radius 2 is 2.50 bits per heavy atom. The molecule has 1 aromatic heterocycles. The smallest absolute Gasteiger partial charge is 0.351 e. The van der Waals surface area contributed by atoms with Crippen LogP contribution >= 0.6 is 15.9 Å². The van der Waals surface area contributed by atoms with Gasteiger partial charge in [-0.1, -0.05) is 0 Å². The van der Waals surface area contributed by atoms with Gasteiger partial charge in [0.25, 0.3) is 0 Å². The summed E-state index contributed by atoms with van der Waals surface area (Å²) in [6.45, 7) is -0.0714. The highest BCUT2D eigenvalue weighted by Gasteiger charge is 2.27. The third-order valence-corrected chi connectivity index (χ3v) is 2.74. The molecule has 0 saturated carbocycles. The summed E-state index contributed by atoms with van der Waals surface area (Å²) in [5.41, 5.74) is 4.94. The predicted octanol–water partition coefficient (Wildman–Crippen LogP) is -0.548. The third kappa shape index (κ3) is 2.09. The SMILES string of the molecule is Nc1nc(=O)n([C@H]2CO[C@H](CO)O2)cc1Br. The van der Waals surface area contributed by atoms with E-state index in [0.29, 0.717) is 4.47 Å². The summed E-state index contributed by atoms with van der Waals surface area (Å²) in [6, 6.07) is 0. The normalized spacial score (nSPS) is 24.9. The molecule has 1 aliphatic rings. The zero-order chi connectivity index (χ0) is 11.7. The van der Waals surface area contributed by atoms with Gasteiger partial charge in [0.15, 0.2) is 12.5 Å². The van der Waals surface area contributed by atoms with E-state index in [1.54, 1.807) is 0 Å². The summed E-state index contributed by atoms with van der Waals surface area (Å²) < 4.78 is 12.1. The number of hydrogen-bond donors (Lipinski definition) is 2. The van der Waals surface area contributed by atoms with E-state index in [9.17, 15) is 4.79 Å². The molecular weight excluding hydrogens is 282 g/mol. The van der Waals surface area contributed by atoms with Gasteiger partial charge in [0, 0.05) is 6.20 Å². The fourth-order valence-electron chi connectivity index (χ4n) is 1.35. The Labute approximate surface area is 98.9 Å². The van der Waals surface area contributed by atoms with E-state index in [4.69, 9.17) is 20.3 Å². The number of ether oxygens (including phenoxy) is 2. The van der Waals surface area contributed by atoms with Crippen molar-refractivity contribution in [1.82, 2.24) is 9.55 Å². The van der Waals surface area contributed by atoms with Crippen molar-refractivity contribution < 1.29 is 14.6 Å². The van der Waals surface area contributed by atoms with E-state index in [2.05, 4.69) is 20.9 Å². The first-order valence-corrected chi connectivity index (χ1v) is 5.33. The topological polar surface area (TPSA) is 99.6 Å². The molecule has 8 heteroatoms. The lowest BCUT2D eigenvalue weighted by Crippen LogP contribution is -2.29. The van der Waals surface area contributed by atoms with Crippen molar-refractivity contribution in [3.8, 4) is 0 Å². The molecule has 0 unspecified atom stereocenters. The summed E-state index contributed by atoms with van der Waals surface area (Å²) in [6.07, 6.45) is 0.195. The van der Waals surface area contributed by atoms with Gasteiger partial charge >= 0.3 is 5.69 Å². The summed E-state index contributed by atoms with van der Waals surface area (Å²) in [5, 5.41) is 8.82. The molecule has 2 heterocycles. The van der Waals surface area contributed by atoms with Crippen LogP contribution in [0.15, 0.2) is 15.5 Å². The van der Waals surface area contributed by atoms with Crippen molar-refractivity contribution in [2.24, 2.45) is 0 Å². The number of aliphatic hydroxyl groups is 1. The van der Waals surface area contributed by atoms with Crippen molar-refractivity contribution in [1.29, 1.82) is 0 Å². The second-order valence-corrected chi connectivity index (χ2v) is 4.05. The molecule has 1 aliphatic heterocycles. The highest BCUT2D eigenvalue weighted by molar-refractivity contribution is 9.10. The van der Waals surface area contributed by atoms with Gasteiger partial charge in [0.2, 0.25) is 0 Å². The average molecular weight is 292 g/mol. The summed E-state index contributed by atoms with van der Waals surface area (Å²) >= 11 is 3.17. The van der Waals surface area contributed by atoms with Crippen LogP contribution in [0.5, 0.6) is 0 Å². The lowest BCUT2D eigenvalue weighted by molar-refractivity contribution is -0.0992. The predicted molar refractivity (Wildman–Crippen MR) is 57.6 cm³/mol. The molecule has 3 N–H and O–H groups in total. The van der Waals surface area contributed by atoms with Crippen molar-refractivity contribution in [3.63, 3.8) is 0 Å². The average Bonchev–Trinajstić information content (AvgIpc) is 2.71. The van der Waals surface area contributed by atoms with Crippen molar-refractivity contribution >= 4 is 21.7 Å². The lowest BCUT2D eigenvalue weighted by atomic mass is 10.5. The minimum Gasteiger partial charge on any atom is -0.391 e. The van der Waals surface area contributed by atoms with Gasteiger partial charge in [0.1, 0.15) is 5.82 Å². The number of anilines is 1. The zero-order valence-electron chi connectivity index (χ0n) is 8.17. The van der Waals surface area contributed by atoms with Gasteiger partial charge in [0.05, 0.1) is 17.7 Å². The molecule has 0 aliphatic carbocycles. The minimum absolute atomic E-state index is 0.124. The number of aliphatic hydroxyl groups excluding tert-OH is 1. The number of nitrogens with zero attached hydrogens (tertiary/aromatic N) is 2. The first kappa shape index (κ1) is 11.5. The molecule has 16 heavy (non-hydrogen) atoms. The van der Waals surface area contributed by atoms with Crippen LogP contribution in [0.3, 0.4) is 0 Å². The molecule has 0 bridgehead atoms. The number of nitrogens with two attached hydrogens (primary N) is 1. The van der Waals surface area contributed by atoms with Gasteiger partial charge < -0.3 is 20.3 Å². The highest BCUT2D eigenvalue weighted by Crippen LogP contribution is 2.21. The van der Waals surface area contributed by atoms with Crippen LogP contribution in [0.4, 0.5) is 5.82 Å². The second-order valence-electron chi connectivity index (χ2n) is 3.20. The molecule has 1 aromatic rings. The lowest BCUT2D eigenvalue weighted by Gasteiger charge is -2.12. The Balaban J connectivity index is 2.28. The van der Waals surface area contributed by atoms with Crippen LogP contribution in [0.1, 0.15) is 6.23 Å². The van der Waals surface area contributed by atoms with Crippen LogP contribution in [-0.4, -0.2) is 34.2 Å². The number of rotatable bonds is 2. The standard InChI is InChI=1S/C8H10BrN3O4/c9-4-1-12(8(14)11-7(4)10)5-3-15-6(2-13)16-5/h1,5-6,13H,2-3H2,(H2,10,11,14)/t5-,6+/m1/s1. The number of aromatic nitrogens is 2. The van der Waals surface area contributed by atoms with Gasteiger partial charge in [-0.15, -0.1) is 0 Å². The van der Waals surface area contributed by atoms with E-state index in [1.807, 2.05) is 0 Å². The van der Waals surface area contributed by atoms with E-state index >= 15 is 0 Å². The molecule has 1 fully saturated rings. The van der Waals surface area contributed by atoms with Crippen molar-refractivity contribution in [2.75, 3.05) is 18.9 Å². The Morgan fingerprint density at radius 3 is 3.12 bits per heavy atom. The summed E-state index contributed by atoms with van der Waals surface area (Å²) in [4.78, 5) is 15.1. The Bertz CT molecular complexity index is 449. The highest BCUT2D eigenvalue weighted by atomic mass is 79.9. The molecule has 0 spiro atoms. The molecular formula is C8H10BrN3O4. The number of halogens is 1. The minimum atomic E-state index is -0.701. The first-order valence-electron chi connectivity index (χ1n) is 4.54. The molecule has 0 radical (unpaired) electrons. The van der Waals surface area contributed by atoms with Crippen LogP contribution in [0.2, 0.25) is 0 Å². The first-order chi connectivity index (χ1) is 7.61.